The fraction of sp³-hybridized carbons (Fsp3) is 0.615. The molecule has 0 spiro atoms. The molecule has 0 saturated carbocycles. The molecule has 3 N–H and O–H groups in total. The maximum absolute atomic E-state index is 10.7. The van der Waals surface area contributed by atoms with Gasteiger partial charge in [-0.25, -0.2) is 4.98 Å². The molecule has 0 aliphatic carbocycles. The second-order valence-electron chi connectivity index (χ2n) is 5.26. The van der Waals surface area contributed by atoms with Gasteiger partial charge in [0.2, 0.25) is 0 Å². The zero-order valence-corrected chi connectivity index (χ0v) is 11.7. The Bertz CT molecular complexity index is 435. The van der Waals surface area contributed by atoms with E-state index in [2.05, 4.69) is 24.1 Å². The zero-order valence-electron chi connectivity index (χ0n) is 11.7. The van der Waals surface area contributed by atoms with Crippen LogP contribution < -0.4 is 11.1 Å². The first-order valence-corrected chi connectivity index (χ1v) is 6.57. The van der Waals surface area contributed by atoms with E-state index in [1.165, 1.54) is 18.6 Å². The first-order valence-electron chi connectivity index (χ1n) is 6.57. The molecule has 1 atom stereocenters. The molecule has 1 heterocycles. The van der Waals surface area contributed by atoms with Gasteiger partial charge in [0.25, 0.3) is 5.69 Å². The lowest BCUT2D eigenvalue weighted by Gasteiger charge is -2.15. The lowest BCUT2D eigenvalue weighted by Crippen LogP contribution is -2.16. The molecule has 1 aromatic rings. The van der Waals surface area contributed by atoms with Crippen LogP contribution in [-0.4, -0.2) is 15.9 Å². The highest BCUT2D eigenvalue weighted by Gasteiger charge is 2.11. The van der Waals surface area contributed by atoms with Crippen molar-refractivity contribution in [3.05, 3.63) is 22.2 Å². The van der Waals surface area contributed by atoms with E-state index >= 15 is 0 Å². The number of hydrogen-bond donors (Lipinski definition) is 2. The van der Waals surface area contributed by atoms with Gasteiger partial charge in [0, 0.05) is 6.04 Å². The van der Waals surface area contributed by atoms with Crippen LogP contribution in [0.2, 0.25) is 0 Å². The topological polar surface area (TPSA) is 94.1 Å². The molecule has 6 nitrogen and oxygen atoms in total. The second kappa shape index (κ2) is 6.92. The Kier molecular flexibility index (Phi) is 5.54. The molecule has 0 radical (unpaired) electrons. The number of anilines is 2. The van der Waals surface area contributed by atoms with Crippen molar-refractivity contribution < 1.29 is 4.92 Å². The monoisotopic (exact) mass is 266 g/mol. The molecule has 0 aliphatic heterocycles. The predicted molar refractivity (Wildman–Crippen MR) is 77.1 cm³/mol. The second-order valence-corrected chi connectivity index (χ2v) is 5.26. The zero-order chi connectivity index (χ0) is 14.4. The van der Waals surface area contributed by atoms with Crippen molar-refractivity contribution in [3.63, 3.8) is 0 Å². The SMILES string of the molecule is CC(C)CCCC(C)Nc1cc([N+](=O)[O-])cc(N)n1. The highest BCUT2D eigenvalue weighted by atomic mass is 16.6. The Hall–Kier alpha value is -1.85. The van der Waals surface area contributed by atoms with E-state index in [1.54, 1.807) is 0 Å². The van der Waals surface area contributed by atoms with Gasteiger partial charge in [0.15, 0.2) is 0 Å². The van der Waals surface area contributed by atoms with Crippen molar-refractivity contribution in [3.8, 4) is 0 Å². The van der Waals surface area contributed by atoms with Crippen LogP contribution in [0.25, 0.3) is 0 Å². The first kappa shape index (κ1) is 15.2. The van der Waals surface area contributed by atoms with Crippen molar-refractivity contribution in [1.82, 2.24) is 4.98 Å². The van der Waals surface area contributed by atoms with Gasteiger partial charge in [-0.2, -0.15) is 0 Å². The van der Waals surface area contributed by atoms with Crippen molar-refractivity contribution in [1.29, 1.82) is 0 Å². The summed E-state index contributed by atoms with van der Waals surface area (Å²) in [5.41, 5.74) is 5.52. The molecule has 1 unspecified atom stereocenters. The van der Waals surface area contributed by atoms with Gasteiger partial charge in [-0.3, -0.25) is 10.1 Å². The van der Waals surface area contributed by atoms with Gasteiger partial charge in [-0.1, -0.05) is 26.7 Å². The molecule has 0 amide bonds. The van der Waals surface area contributed by atoms with E-state index in [0.29, 0.717) is 11.7 Å². The van der Waals surface area contributed by atoms with Crippen LogP contribution in [0.15, 0.2) is 12.1 Å². The summed E-state index contributed by atoms with van der Waals surface area (Å²) in [4.78, 5) is 14.3. The first-order chi connectivity index (χ1) is 8.88. The van der Waals surface area contributed by atoms with Gasteiger partial charge < -0.3 is 11.1 Å². The summed E-state index contributed by atoms with van der Waals surface area (Å²) in [5.74, 6) is 1.31. The van der Waals surface area contributed by atoms with Crippen LogP contribution in [0.5, 0.6) is 0 Å². The van der Waals surface area contributed by atoms with Gasteiger partial charge in [-0.05, 0) is 19.3 Å². The lowest BCUT2D eigenvalue weighted by atomic mass is 10.0. The Labute approximate surface area is 113 Å². The highest BCUT2D eigenvalue weighted by Crippen LogP contribution is 2.20. The number of nitro groups is 1. The molecule has 1 aromatic heterocycles. The Morgan fingerprint density at radius 3 is 2.63 bits per heavy atom. The predicted octanol–water partition coefficient (Wildman–Crippen LogP) is 3.20. The van der Waals surface area contributed by atoms with Crippen molar-refractivity contribution in [2.24, 2.45) is 5.92 Å². The maximum atomic E-state index is 10.7. The minimum absolute atomic E-state index is 0.0376. The summed E-state index contributed by atoms with van der Waals surface area (Å²) in [6, 6.07) is 2.89. The summed E-state index contributed by atoms with van der Waals surface area (Å²) in [6.07, 6.45) is 3.30. The number of pyridine rings is 1. The average Bonchev–Trinajstić information content (AvgIpc) is 2.27. The van der Waals surface area contributed by atoms with Crippen LogP contribution in [0.3, 0.4) is 0 Å². The van der Waals surface area contributed by atoms with E-state index in [4.69, 9.17) is 5.73 Å². The number of rotatable bonds is 7. The molecule has 1 rings (SSSR count). The Morgan fingerprint density at radius 2 is 2.05 bits per heavy atom. The number of hydrogen-bond acceptors (Lipinski definition) is 5. The summed E-state index contributed by atoms with van der Waals surface area (Å²) in [5, 5.41) is 13.9. The smallest absolute Gasteiger partial charge is 0.276 e. The third kappa shape index (κ3) is 5.54. The van der Waals surface area contributed by atoms with Crippen molar-refractivity contribution >= 4 is 17.3 Å². The number of aromatic nitrogens is 1. The number of nitrogen functional groups attached to an aromatic ring is 1. The molecule has 6 heteroatoms. The van der Waals surface area contributed by atoms with Crippen LogP contribution in [0.1, 0.15) is 40.0 Å². The van der Waals surface area contributed by atoms with Gasteiger partial charge in [-0.15, -0.1) is 0 Å². The molecule has 106 valence electrons. The van der Waals surface area contributed by atoms with Crippen LogP contribution in [0.4, 0.5) is 17.3 Å². The van der Waals surface area contributed by atoms with E-state index in [-0.39, 0.29) is 17.5 Å². The number of nitrogens with zero attached hydrogens (tertiary/aromatic N) is 2. The normalized spacial score (nSPS) is 12.4. The quantitative estimate of drug-likeness (QED) is 0.583. The van der Waals surface area contributed by atoms with E-state index in [9.17, 15) is 10.1 Å². The maximum Gasteiger partial charge on any atom is 0.276 e. The molecule has 19 heavy (non-hydrogen) atoms. The average molecular weight is 266 g/mol. The molecule has 0 fully saturated rings. The van der Waals surface area contributed by atoms with Crippen LogP contribution in [-0.2, 0) is 0 Å². The third-order valence-corrected chi connectivity index (χ3v) is 2.85. The van der Waals surface area contributed by atoms with Crippen LogP contribution in [0, 0.1) is 16.0 Å². The minimum Gasteiger partial charge on any atom is -0.383 e. The molecule has 0 aliphatic rings. The molecule has 0 bridgehead atoms. The summed E-state index contributed by atoms with van der Waals surface area (Å²) >= 11 is 0. The molecule has 0 saturated heterocycles. The summed E-state index contributed by atoms with van der Waals surface area (Å²) in [6.45, 7) is 6.43. The standard InChI is InChI=1S/C13H22N4O2/c1-9(2)5-4-6-10(3)15-13-8-11(17(18)19)7-12(14)16-13/h7-10H,4-6H2,1-3H3,(H3,14,15,16). The van der Waals surface area contributed by atoms with E-state index in [1.807, 2.05) is 6.92 Å². The van der Waals surface area contributed by atoms with Crippen LogP contribution >= 0.6 is 0 Å². The summed E-state index contributed by atoms with van der Waals surface area (Å²) in [7, 11) is 0. The Balaban J connectivity index is 2.58. The van der Waals surface area contributed by atoms with E-state index < -0.39 is 4.92 Å². The van der Waals surface area contributed by atoms with Gasteiger partial charge in [0.1, 0.15) is 11.6 Å². The largest absolute Gasteiger partial charge is 0.383 e. The Morgan fingerprint density at radius 1 is 1.37 bits per heavy atom. The van der Waals surface area contributed by atoms with Gasteiger partial charge >= 0.3 is 0 Å². The molecular weight excluding hydrogens is 244 g/mol. The third-order valence-electron chi connectivity index (χ3n) is 2.85. The van der Waals surface area contributed by atoms with E-state index in [0.717, 1.165) is 12.8 Å². The minimum atomic E-state index is -0.466. The summed E-state index contributed by atoms with van der Waals surface area (Å²) < 4.78 is 0. The number of nitrogens with two attached hydrogens (primary N) is 1. The number of nitrogens with one attached hydrogen (secondary N) is 1. The highest BCUT2D eigenvalue weighted by molar-refractivity contribution is 5.52. The van der Waals surface area contributed by atoms with Gasteiger partial charge in [0.05, 0.1) is 17.1 Å². The molecular formula is C13H22N4O2. The lowest BCUT2D eigenvalue weighted by molar-refractivity contribution is -0.384. The fourth-order valence-corrected chi connectivity index (χ4v) is 1.87. The van der Waals surface area contributed by atoms with Crippen molar-refractivity contribution in [2.45, 2.75) is 46.1 Å². The van der Waals surface area contributed by atoms with Crippen molar-refractivity contribution in [2.75, 3.05) is 11.1 Å². The molecule has 0 aromatic carbocycles. The fourth-order valence-electron chi connectivity index (χ4n) is 1.87.